The van der Waals surface area contributed by atoms with E-state index in [0.29, 0.717) is 12.1 Å². The average molecular weight is 340 g/mol. The highest BCUT2D eigenvalue weighted by Crippen LogP contribution is 2.12. The van der Waals surface area contributed by atoms with E-state index >= 15 is 0 Å². The Balaban J connectivity index is 1.88. The van der Waals surface area contributed by atoms with Crippen LogP contribution < -0.4 is 10.6 Å². The van der Waals surface area contributed by atoms with E-state index in [0.717, 1.165) is 12.8 Å². The number of rotatable bonds is 13. The van der Waals surface area contributed by atoms with Crippen molar-refractivity contribution < 1.29 is 19.4 Å². The van der Waals surface area contributed by atoms with Crippen LogP contribution in [0.15, 0.2) is 11.6 Å². The fourth-order valence-corrected chi connectivity index (χ4v) is 2.64. The van der Waals surface area contributed by atoms with Crippen LogP contribution in [0, 0.1) is 0 Å². The Hall–Kier alpha value is -1.56. The third-order valence-corrected chi connectivity index (χ3v) is 4.12. The van der Waals surface area contributed by atoms with Gasteiger partial charge in [-0.25, -0.2) is 9.59 Å². The summed E-state index contributed by atoms with van der Waals surface area (Å²) in [6.07, 6.45) is 12.6. The van der Waals surface area contributed by atoms with E-state index in [4.69, 9.17) is 0 Å². The second kappa shape index (κ2) is 12.8. The lowest BCUT2D eigenvalue weighted by molar-refractivity contribution is -0.151. The van der Waals surface area contributed by atoms with Crippen molar-refractivity contribution in [2.75, 3.05) is 13.1 Å². The highest BCUT2D eigenvalue weighted by Gasteiger charge is 2.23. The van der Waals surface area contributed by atoms with E-state index in [1.807, 2.05) is 0 Å². The molecule has 6 nitrogen and oxygen atoms in total. The molecule has 0 aromatic carbocycles. The summed E-state index contributed by atoms with van der Waals surface area (Å²) in [5.74, 6) is -0.579. The van der Waals surface area contributed by atoms with Crippen molar-refractivity contribution in [1.82, 2.24) is 10.6 Å². The number of unbranched alkanes of at least 4 members (excludes halogenated alkanes) is 9. The topological polar surface area (TPSA) is 87.7 Å². The summed E-state index contributed by atoms with van der Waals surface area (Å²) in [5, 5.41) is 14.7. The predicted octanol–water partition coefficient (Wildman–Crippen LogP) is 3.01. The van der Waals surface area contributed by atoms with E-state index in [9.17, 15) is 14.7 Å². The van der Waals surface area contributed by atoms with Gasteiger partial charge in [-0.3, -0.25) is 0 Å². The van der Waals surface area contributed by atoms with E-state index in [2.05, 4.69) is 22.3 Å². The summed E-state index contributed by atoms with van der Waals surface area (Å²) in [6.45, 7) is 2.98. The Labute approximate surface area is 145 Å². The molecule has 0 aromatic heterocycles. The fraction of sp³-hybridized carbons (Fsp3) is 0.778. The van der Waals surface area contributed by atoms with Crippen LogP contribution in [0.3, 0.4) is 0 Å². The van der Waals surface area contributed by atoms with Gasteiger partial charge in [0.25, 0.3) is 0 Å². The summed E-state index contributed by atoms with van der Waals surface area (Å²) in [5.41, 5.74) is 0.370. The van der Waals surface area contributed by atoms with Gasteiger partial charge in [0.15, 0.2) is 0 Å². The van der Waals surface area contributed by atoms with Gasteiger partial charge >= 0.3 is 12.0 Å². The zero-order valence-corrected chi connectivity index (χ0v) is 14.8. The molecule has 0 aliphatic carbocycles. The van der Waals surface area contributed by atoms with E-state index in [1.54, 1.807) is 0 Å². The average Bonchev–Trinajstić information content (AvgIpc) is 2.88. The van der Waals surface area contributed by atoms with Crippen LogP contribution in [0.1, 0.15) is 71.1 Å². The number of amides is 2. The Morgan fingerprint density at radius 1 is 1.04 bits per heavy atom. The maximum absolute atomic E-state index is 11.6. The van der Waals surface area contributed by atoms with Gasteiger partial charge in [0.05, 0.1) is 0 Å². The quantitative estimate of drug-likeness (QED) is 0.355. The van der Waals surface area contributed by atoms with E-state index in [1.165, 1.54) is 57.4 Å². The van der Waals surface area contributed by atoms with Crippen molar-refractivity contribution in [2.45, 2.75) is 77.4 Å². The second-order valence-corrected chi connectivity index (χ2v) is 6.30. The van der Waals surface area contributed by atoms with Gasteiger partial charge < -0.3 is 20.5 Å². The number of aliphatic hydroxyl groups is 1. The van der Waals surface area contributed by atoms with Gasteiger partial charge in [-0.05, 0) is 6.42 Å². The molecule has 1 heterocycles. The Morgan fingerprint density at radius 3 is 2.17 bits per heavy atom. The van der Waals surface area contributed by atoms with Crippen LogP contribution in [0.25, 0.3) is 0 Å². The first-order valence-electron chi connectivity index (χ1n) is 9.24. The van der Waals surface area contributed by atoms with Gasteiger partial charge in [0, 0.05) is 24.7 Å². The molecule has 0 fully saturated rings. The monoisotopic (exact) mass is 340 g/mol. The molecule has 0 spiro atoms. The van der Waals surface area contributed by atoms with Crippen LogP contribution in [0.4, 0.5) is 4.79 Å². The van der Waals surface area contributed by atoms with Crippen molar-refractivity contribution in [2.24, 2.45) is 0 Å². The van der Waals surface area contributed by atoms with Gasteiger partial charge in [0.1, 0.15) is 0 Å². The minimum Gasteiger partial charge on any atom is -0.429 e. The van der Waals surface area contributed by atoms with E-state index in [-0.39, 0.29) is 12.6 Å². The normalized spacial score (nSPS) is 16.7. The van der Waals surface area contributed by atoms with Crippen molar-refractivity contribution in [3.05, 3.63) is 11.6 Å². The first-order chi connectivity index (χ1) is 11.6. The zero-order chi connectivity index (χ0) is 17.6. The molecule has 3 N–H and O–H groups in total. The molecule has 2 amide bonds. The lowest BCUT2D eigenvalue weighted by Gasteiger charge is -2.10. The van der Waals surface area contributed by atoms with Crippen LogP contribution in [0.2, 0.25) is 0 Å². The third kappa shape index (κ3) is 9.55. The molecule has 1 atom stereocenters. The number of carbonyl (C=O) groups is 2. The Bertz CT molecular complexity index is 410. The molecule has 1 unspecified atom stereocenters. The highest BCUT2D eigenvalue weighted by molar-refractivity contribution is 5.86. The smallest absolute Gasteiger partial charge is 0.333 e. The van der Waals surface area contributed by atoms with Gasteiger partial charge in [-0.15, -0.1) is 0 Å². The molecular weight excluding hydrogens is 308 g/mol. The standard InChI is InChI=1S/C18H32N2O4/c1-2-3-4-5-6-7-8-9-10-11-12-19-18(23)20-14-15-13-16(21)24-17(15)22/h13,17,22H,2-12,14H2,1H3,(H2,19,20,23). The first kappa shape index (κ1) is 20.5. The van der Waals surface area contributed by atoms with Crippen LogP contribution in [0.5, 0.6) is 0 Å². The summed E-state index contributed by atoms with van der Waals surface area (Å²) < 4.78 is 4.53. The third-order valence-electron chi connectivity index (χ3n) is 4.12. The highest BCUT2D eigenvalue weighted by atomic mass is 16.6. The molecule has 6 heteroatoms. The lowest BCUT2D eigenvalue weighted by atomic mass is 10.1. The summed E-state index contributed by atoms with van der Waals surface area (Å²) in [7, 11) is 0. The number of hydrogen-bond donors (Lipinski definition) is 3. The maximum atomic E-state index is 11.6. The summed E-state index contributed by atoms with van der Waals surface area (Å²) in [4.78, 5) is 22.5. The Kier molecular flexibility index (Phi) is 10.9. The SMILES string of the molecule is CCCCCCCCCCCCNC(=O)NCC1=CC(=O)OC1O. The predicted molar refractivity (Wildman–Crippen MR) is 93.4 cm³/mol. The molecular formula is C18H32N2O4. The number of urea groups is 1. The fourth-order valence-electron chi connectivity index (χ4n) is 2.64. The van der Waals surface area contributed by atoms with Gasteiger partial charge in [0.2, 0.25) is 6.29 Å². The second-order valence-electron chi connectivity index (χ2n) is 6.30. The molecule has 1 rings (SSSR count). The number of nitrogens with one attached hydrogen (secondary N) is 2. The lowest BCUT2D eigenvalue weighted by Crippen LogP contribution is -2.38. The van der Waals surface area contributed by atoms with Crippen molar-refractivity contribution in [3.8, 4) is 0 Å². The summed E-state index contributed by atoms with van der Waals surface area (Å²) >= 11 is 0. The molecule has 1 aliphatic heterocycles. The van der Waals surface area contributed by atoms with Crippen molar-refractivity contribution >= 4 is 12.0 Å². The first-order valence-corrected chi connectivity index (χ1v) is 9.24. The molecule has 0 radical (unpaired) electrons. The molecule has 0 aromatic rings. The number of aliphatic hydroxyl groups excluding tert-OH is 1. The van der Waals surface area contributed by atoms with Crippen molar-refractivity contribution in [3.63, 3.8) is 0 Å². The van der Waals surface area contributed by atoms with Crippen molar-refractivity contribution in [1.29, 1.82) is 0 Å². The van der Waals surface area contributed by atoms with Crippen LogP contribution >= 0.6 is 0 Å². The van der Waals surface area contributed by atoms with Crippen LogP contribution in [-0.4, -0.2) is 36.5 Å². The number of cyclic esters (lactones) is 1. The van der Waals surface area contributed by atoms with Crippen LogP contribution in [-0.2, 0) is 9.53 Å². The molecule has 24 heavy (non-hydrogen) atoms. The molecule has 0 saturated heterocycles. The van der Waals surface area contributed by atoms with Gasteiger partial charge in [-0.2, -0.15) is 0 Å². The van der Waals surface area contributed by atoms with Gasteiger partial charge in [-0.1, -0.05) is 64.7 Å². The minimum absolute atomic E-state index is 0.108. The largest absolute Gasteiger partial charge is 0.429 e. The number of ether oxygens (including phenoxy) is 1. The zero-order valence-electron chi connectivity index (χ0n) is 14.8. The molecule has 0 bridgehead atoms. The summed E-state index contributed by atoms with van der Waals surface area (Å²) in [6, 6.07) is -0.293. The maximum Gasteiger partial charge on any atom is 0.333 e. The molecule has 0 saturated carbocycles. The number of esters is 1. The van der Waals surface area contributed by atoms with E-state index < -0.39 is 12.3 Å². The Morgan fingerprint density at radius 2 is 1.62 bits per heavy atom. The molecule has 138 valence electrons. The molecule has 1 aliphatic rings. The number of carbonyl (C=O) groups excluding carboxylic acids is 2. The minimum atomic E-state index is -1.24. The number of hydrogen-bond acceptors (Lipinski definition) is 4.